The quantitative estimate of drug-likeness (QED) is 0.419. The second-order valence-electron chi connectivity index (χ2n) is 6.18. The van der Waals surface area contributed by atoms with Crippen molar-refractivity contribution in [1.29, 1.82) is 0 Å². The monoisotopic (exact) mass is 390 g/mol. The van der Waals surface area contributed by atoms with E-state index in [0.29, 0.717) is 30.0 Å². The van der Waals surface area contributed by atoms with Crippen molar-refractivity contribution in [2.24, 2.45) is 0 Å². The Morgan fingerprint density at radius 3 is 2.09 bits per heavy atom. The summed E-state index contributed by atoms with van der Waals surface area (Å²) >= 11 is 7.04. The van der Waals surface area contributed by atoms with E-state index < -0.39 is 6.04 Å². The first-order chi connectivity index (χ1) is 10.6. The molecule has 4 unspecified atom stereocenters. The van der Waals surface area contributed by atoms with Gasteiger partial charge in [-0.25, -0.2) is 0 Å². The van der Waals surface area contributed by atoms with Gasteiger partial charge in [-0.3, -0.25) is 0 Å². The predicted octanol–water partition coefficient (Wildman–Crippen LogP) is 4.30. The summed E-state index contributed by atoms with van der Waals surface area (Å²) in [5.74, 6) is 0. The standard InChI is InChI=1S/C19H19PSSe/c1-13-14(2)19-20(21,16-11-7-4-8-12-16)17(13)18(22-19)15-9-5-3-6-10-15/h3-12,17-19H,1-2H3. The van der Waals surface area contributed by atoms with Gasteiger partial charge < -0.3 is 0 Å². The Kier molecular flexibility index (Phi) is 3.70. The van der Waals surface area contributed by atoms with Crippen LogP contribution < -0.4 is 5.30 Å². The van der Waals surface area contributed by atoms with Gasteiger partial charge in [-0.2, -0.15) is 0 Å². The van der Waals surface area contributed by atoms with Crippen LogP contribution in [0.2, 0.25) is 0 Å². The molecule has 2 aromatic carbocycles. The Hall–Kier alpha value is -0.651. The van der Waals surface area contributed by atoms with E-state index in [1.807, 2.05) is 0 Å². The summed E-state index contributed by atoms with van der Waals surface area (Å²) in [6, 6.07) is 20.5. The minimum atomic E-state index is -1.54. The average molecular weight is 389 g/mol. The van der Waals surface area contributed by atoms with Crippen molar-refractivity contribution in [2.75, 3.05) is 0 Å². The van der Waals surface area contributed by atoms with E-state index >= 15 is 0 Å². The molecule has 2 heterocycles. The normalized spacial score (nSPS) is 33.5. The Morgan fingerprint density at radius 1 is 0.864 bits per heavy atom. The molecule has 112 valence electrons. The molecule has 0 amide bonds. The summed E-state index contributed by atoms with van der Waals surface area (Å²) in [5.41, 5.74) is 5.31. The molecule has 0 N–H and O–H groups in total. The molecule has 0 nitrogen and oxygen atoms in total. The zero-order valence-electron chi connectivity index (χ0n) is 12.8. The maximum atomic E-state index is 6.46. The van der Waals surface area contributed by atoms with Crippen LogP contribution in [0.15, 0.2) is 71.8 Å². The molecule has 0 aromatic heterocycles. The fourth-order valence-electron chi connectivity index (χ4n) is 3.84. The van der Waals surface area contributed by atoms with E-state index in [4.69, 9.17) is 11.8 Å². The Morgan fingerprint density at radius 2 is 1.45 bits per heavy atom. The second kappa shape index (κ2) is 5.46. The number of allylic oxidation sites excluding steroid dienone is 2. The van der Waals surface area contributed by atoms with Gasteiger partial charge in [0.15, 0.2) is 0 Å². The molecule has 22 heavy (non-hydrogen) atoms. The van der Waals surface area contributed by atoms with Crippen LogP contribution in [0.3, 0.4) is 0 Å². The van der Waals surface area contributed by atoms with E-state index in [9.17, 15) is 0 Å². The fourth-order valence-corrected chi connectivity index (χ4v) is 18.4. The molecule has 1 fully saturated rings. The van der Waals surface area contributed by atoms with Crippen LogP contribution in [-0.4, -0.2) is 25.2 Å². The molecule has 2 aliphatic rings. The third-order valence-electron chi connectivity index (χ3n) is 5.05. The number of benzene rings is 2. The molecule has 0 radical (unpaired) electrons. The van der Waals surface area contributed by atoms with E-state index in [1.165, 1.54) is 10.9 Å². The van der Waals surface area contributed by atoms with Gasteiger partial charge in [-0.1, -0.05) is 0 Å². The number of hydrogen-bond donors (Lipinski definition) is 0. The van der Waals surface area contributed by atoms with Gasteiger partial charge in [0, 0.05) is 0 Å². The van der Waals surface area contributed by atoms with Gasteiger partial charge in [0.05, 0.1) is 0 Å². The Labute approximate surface area is 144 Å². The Bertz CT molecular complexity index is 782. The van der Waals surface area contributed by atoms with Crippen LogP contribution >= 0.6 is 6.04 Å². The van der Waals surface area contributed by atoms with Crippen molar-refractivity contribution in [3.05, 3.63) is 77.4 Å². The SMILES string of the molecule is CC1=C(C)C2C(c3ccccc3)[Se]C1P2(=S)c1ccccc1. The third-order valence-corrected chi connectivity index (χ3v) is 17.8. The number of fused-ring (bicyclic) bond motifs is 2. The van der Waals surface area contributed by atoms with Crippen LogP contribution in [0, 0.1) is 0 Å². The summed E-state index contributed by atoms with van der Waals surface area (Å²) in [6.07, 6.45) is 0. The van der Waals surface area contributed by atoms with Crippen LogP contribution in [0.25, 0.3) is 0 Å². The molecule has 0 saturated carbocycles. The predicted molar refractivity (Wildman–Crippen MR) is 101 cm³/mol. The molecular weight excluding hydrogens is 370 g/mol. The van der Waals surface area contributed by atoms with Gasteiger partial charge in [0.25, 0.3) is 0 Å². The van der Waals surface area contributed by atoms with Crippen molar-refractivity contribution in [3.8, 4) is 0 Å². The molecule has 0 aliphatic carbocycles. The zero-order valence-corrected chi connectivity index (χ0v) is 16.2. The first-order valence-corrected chi connectivity index (χ1v) is 12.6. The minimum absolute atomic E-state index is 0.584. The summed E-state index contributed by atoms with van der Waals surface area (Å²) in [6.45, 7) is 4.68. The average Bonchev–Trinajstić information content (AvgIpc) is 2.98. The maximum absolute atomic E-state index is 6.46. The first kappa shape index (κ1) is 14.9. The summed E-state index contributed by atoms with van der Waals surface area (Å²) in [5, 5.41) is 1.46. The van der Waals surface area contributed by atoms with Crippen molar-refractivity contribution in [3.63, 3.8) is 0 Å². The molecule has 2 aliphatic heterocycles. The van der Waals surface area contributed by atoms with Crippen LogP contribution in [-0.2, 0) is 11.8 Å². The van der Waals surface area contributed by atoms with Crippen molar-refractivity contribution in [1.82, 2.24) is 0 Å². The molecule has 4 atom stereocenters. The van der Waals surface area contributed by atoms with Crippen LogP contribution in [0.4, 0.5) is 0 Å². The van der Waals surface area contributed by atoms with Gasteiger partial charge in [0.2, 0.25) is 0 Å². The molecule has 3 heteroatoms. The fraction of sp³-hybridized carbons (Fsp3) is 0.263. The molecular formula is C19H19PSSe. The van der Waals surface area contributed by atoms with E-state index in [0.717, 1.165) is 0 Å². The van der Waals surface area contributed by atoms with Crippen LogP contribution in [0.1, 0.15) is 24.2 Å². The van der Waals surface area contributed by atoms with Crippen molar-refractivity contribution >= 4 is 38.1 Å². The van der Waals surface area contributed by atoms with E-state index in [2.05, 4.69) is 74.5 Å². The molecule has 0 spiro atoms. The van der Waals surface area contributed by atoms with Gasteiger partial charge in [0.1, 0.15) is 0 Å². The topological polar surface area (TPSA) is 0 Å². The van der Waals surface area contributed by atoms with Crippen LogP contribution in [0.5, 0.6) is 0 Å². The van der Waals surface area contributed by atoms with Gasteiger partial charge >= 0.3 is 144 Å². The number of hydrogen-bond acceptors (Lipinski definition) is 1. The third kappa shape index (κ3) is 1.98. The first-order valence-electron chi connectivity index (χ1n) is 7.66. The molecule has 2 aromatic rings. The summed E-state index contributed by atoms with van der Waals surface area (Å²) in [7, 11) is 0. The molecule has 2 bridgehead atoms. The summed E-state index contributed by atoms with van der Waals surface area (Å²) < 4.78 is 0.674. The van der Waals surface area contributed by atoms with E-state index in [-0.39, 0.29) is 0 Å². The Balaban J connectivity index is 1.86. The zero-order chi connectivity index (χ0) is 15.3. The second-order valence-corrected chi connectivity index (χ2v) is 14.4. The summed E-state index contributed by atoms with van der Waals surface area (Å²) in [4.78, 5) is 0.674. The number of rotatable bonds is 2. The van der Waals surface area contributed by atoms with Gasteiger partial charge in [-0.05, 0) is 0 Å². The molecule has 4 rings (SSSR count). The van der Waals surface area contributed by atoms with Crippen molar-refractivity contribution in [2.45, 2.75) is 28.9 Å². The molecule has 1 saturated heterocycles. The van der Waals surface area contributed by atoms with E-state index in [1.54, 1.807) is 11.1 Å². The van der Waals surface area contributed by atoms with Gasteiger partial charge in [-0.15, -0.1) is 0 Å². The van der Waals surface area contributed by atoms with Crippen molar-refractivity contribution < 1.29 is 0 Å².